The van der Waals surface area contributed by atoms with Gasteiger partial charge in [-0.15, -0.1) is 0 Å². The second-order valence-corrected chi connectivity index (χ2v) is 5.86. The largest absolute Gasteiger partial charge is 0.374 e. The third-order valence-corrected chi connectivity index (χ3v) is 3.60. The van der Waals surface area contributed by atoms with Gasteiger partial charge in [0.15, 0.2) is 11.6 Å². The van der Waals surface area contributed by atoms with E-state index in [1.807, 2.05) is 6.07 Å². The predicted octanol–water partition coefficient (Wildman–Crippen LogP) is 2.39. The van der Waals surface area contributed by atoms with Gasteiger partial charge in [-0.25, -0.2) is 8.78 Å². The maximum absolute atomic E-state index is 13.4. The number of nitriles is 1. The van der Waals surface area contributed by atoms with Gasteiger partial charge >= 0.3 is 0 Å². The molecule has 8 heteroatoms. The number of rotatable bonds is 6. The van der Waals surface area contributed by atoms with E-state index in [1.165, 1.54) is 6.92 Å². The lowest BCUT2D eigenvalue weighted by molar-refractivity contribution is -0.121. The number of halogens is 2. The third kappa shape index (κ3) is 4.91. The molecule has 130 valence electrons. The van der Waals surface area contributed by atoms with Crippen molar-refractivity contribution in [3.05, 3.63) is 23.8 Å². The van der Waals surface area contributed by atoms with Crippen molar-refractivity contribution in [3.63, 3.8) is 0 Å². The summed E-state index contributed by atoms with van der Waals surface area (Å²) in [4.78, 5) is 23.1. The molecule has 0 aromatic heterocycles. The number of nitrogens with zero attached hydrogens (tertiary/aromatic N) is 1. The van der Waals surface area contributed by atoms with Crippen molar-refractivity contribution in [2.45, 2.75) is 33.2 Å². The molecule has 0 heterocycles. The van der Waals surface area contributed by atoms with Crippen LogP contribution in [0.5, 0.6) is 0 Å². The normalized spacial score (nSPS) is 12.9. The van der Waals surface area contributed by atoms with Crippen LogP contribution in [0.1, 0.15) is 27.7 Å². The Bertz CT molecular complexity index is 685. The van der Waals surface area contributed by atoms with Crippen LogP contribution in [-0.4, -0.2) is 23.9 Å². The minimum Gasteiger partial charge on any atom is -0.374 e. The summed E-state index contributed by atoms with van der Waals surface area (Å²) >= 11 is 0. The molecule has 0 saturated heterocycles. The molecule has 1 aromatic rings. The highest BCUT2D eigenvalue weighted by atomic mass is 19.2. The van der Waals surface area contributed by atoms with Crippen LogP contribution in [0.2, 0.25) is 0 Å². The Morgan fingerprint density at radius 2 is 1.79 bits per heavy atom. The predicted molar refractivity (Wildman–Crippen MR) is 86.2 cm³/mol. The smallest absolute Gasteiger partial charge is 0.240 e. The van der Waals surface area contributed by atoms with Crippen molar-refractivity contribution in [2.24, 2.45) is 5.92 Å². The van der Waals surface area contributed by atoms with Gasteiger partial charge in [-0.1, -0.05) is 13.8 Å². The van der Waals surface area contributed by atoms with Gasteiger partial charge in [-0.2, -0.15) is 5.26 Å². The molecular formula is C16H20F2N4O2. The molecule has 24 heavy (non-hydrogen) atoms. The quantitative estimate of drug-likeness (QED) is 0.742. The number of amides is 2. The molecule has 0 aliphatic heterocycles. The van der Waals surface area contributed by atoms with Gasteiger partial charge in [0.1, 0.15) is 5.54 Å². The standard InChI is InChI=1S/C16H20F2N4O2/c1-9(2)16(4,8-19)22-15(24)7-20-13-5-11(17)12(18)6-14(13)21-10(3)23/h5-6,9,20H,7H2,1-4H3,(H,21,23)(H,22,24)/t16-/m0/s1. The van der Waals surface area contributed by atoms with E-state index in [2.05, 4.69) is 16.0 Å². The van der Waals surface area contributed by atoms with E-state index < -0.39 is 29.0 Å². The Morgan fingerprint density at radius 1 is 1.25 bits per heavy atom. The molecule has 6 nitrogen and oxygen atoms in total. The van der Waals surface area contributed by atoms with E-state index in [1.54, 1.807) is 20.8 Å². The summed E-state index contributed by atoms with van der Waals surface area (Å²) in [5, 5.41) is 16.7. The van der Waals surface area contributed by atoms with E-state index in [-0.39, 0.29) is 23.8 Å². The molecule has 0 saturated carbocycles. The summed E-state index contributed by atoms with van der Waals surface area (Å²) in [5.74, 6) is -3.32. The van der Waals surface area contributed by atoms with Crippen LogP contribution in [-0.2, 0) is 9.59 Å². The summed E-state index contributed by atoms with van der Waals surface area (Å²) < 4.78 is 26.7. The Balaban J connectivity index is 2.87. The summed E-state index contributed by atoms with van der Waals surface area (Å²) in [6, 6.07) is 3.71. The van der Waals surface area contributed by atoms with Crippen molar-refractivity contribution < 1.29 is 18.4 Å². The average Bonchev–Trinajstić information content (AvgIpc) is 2.48. The van der Waals surface area contributed by atoms with Gasteiger partial charge in [0, 0.05) is 19.1 Å². The zero-order chi connectivity index (χ0) is 18.5. The van der Waals surface area contributed by atoms with Gasteiger partial charge in [0.25, 0.3) is 0 Å². The second-order valence-electron chi connectivity index (χ2n) is 5.86. The zero-order valence-electron chi connectivity index (χ0n) is 14.0. The van der Waals surface area contributed by atoms with Crippen LogP contribution >= 0.6 is 0 Å². The van der Waals surface area contributed by atoms with Crippen LogP contribution in [0.4, 0.5) is 20.2 Å². The number of anilines is 2. The van der Waals surface area contributed by atoms with E-state index in [9.17, 15) is 23.6 Å². The van der Waals surface area contributed by atoms with Crippen molar-refractivity contribution in [1.29, 1.82) is 5.26 Å². The first-order chi connectivity index (χ1) is 11.1. The molecule has 2 amide bonds. The Morgan fingerprint density at radius 3 is 2.25 bits per heavy atom. The van der Waals surface area contributed by atoms with E-state index in [4.69, 9.17) is 0 Å². The molecule has 0 unspecified atom stereocenters. The zero-order valence-corrected chi connectivity index (χ0v) is 14.0. The number of benzene rings is 1. The topological polar surface area (TPSA) is 94.0 Å². The Labute approximate surface area is 139 Å². The average molecular weight is 338 g/mol. The summed E-state index contributed by atoms with van der Waals surface area (Å²) in [6.07, 6.45) is 0. The minimum atomic E-state index is -1.12. The van der Waals surface area contributed by atoms with Crippen molar-refractivity contribution in [3.8, 4) is 6.07 Å². The lowest BCUT2D eigenvalue weighted by Crippen LogP contribution is -2.50. The van der Waals surface area contributed by atoms with Crippen molar-refractivity contribution >= 4 is 23.2 Å². The number of carbonyl (C=O) groups is 2. The highest BCUT2D eigenvalue weighted by Crippen LogP contribution is 2.25. The lowest BCUT2D eigenvalue weighted by atomic mass is 9.90. The molecular weight excluding hydrogens is 318 g/mol. The monoisotopic (exact) mass is 338 g/mol. The van der Waals surface area contributed by atoms with E-state index in [0.29, 0.717) is 0 Å². The van der Waals surface area contributed by atoms with Crippen LogP contribution < -0.4 is 16.0 Å². The molecule has 0 bridgehead atoms. The first-order valence-corrected chi connectivity index (χ1v) is 7.32. The van der Waals surface area contributed by atoms with Crippen molar-refractivity contribution in [1.82, 2.24) is 5.32 Å². The fraction of sp³-hybridized carbons (Fsp3) is 0.438. The number of carbonyl (C=O) groups excluding carboxylic acids is 2. The minimum absolute atomic E-state index is 0.0149. The van der Waals surface area contributed by atoms with Crippen LogP contribution in [0.15, 0.2) is 12.1 Å². The molecule has 1 rings (SSSR count). The molecule has 1 aromatic carbocycles. The van der Waals surface area contributed by atoms with Gasteiger partial charge in [-0.05, 0) is 12.8 Å². The van der Waals surface area contributed by atoms with Crippen molar-refractivity contribution in [2.75, 3.05) is 17.2 Å². The molecule has 0 spiro atoms. The molecule has 0 radical (unpaired) electrons. The van der Waals surface area contributed by atoms with Crippen LogP contribution in [0.3, 0.4) is 0 Å². The Kier molecular flexibility index (Phi) is 6.23. The molecule has 0 aliphatic carbocycles. The number of hydrogen-bond acceptors (Lipinski definition) is 4. The first kappa shape index (κ1) is 19.4. The summed E-state index contributed by atoms with van der Waals surface area (Å²) in [7, 11) is 0. The maximum atomic E-state index is 13.4. The van der Waals surface area contributed by atoms with Gasteiger partial charge < -0.3 is 16.0 Å². The fourth-order valence-electron chi connectivity index (χ4n) is 1.80. The lowest BCUT2D eigenvalue weighted by Gasteiger charge is -2.27. The molecule has 0 fully saturated rings. The highest BCUT2D eigenvalue weighted by Gasteiger charge is 2.29. The SMILES string of the molecule is CC(=O)Nc1cc(F)c(F)cc1NCC(=O)N[C@@](C)(C#N)C(C)C. The highest BCUT2D eigenvalue weighted by molar-refractivity contribution is 5.93. The molecule has 0 aliphatic rings. The summed E-state index contributed by atoms with van der Waals surface area (Å²) in [5.41, 5.74) is -0.976. The molecule has 1 atom stereocenters. The van der Waals surface area contributed by atoms with Gasteiger partial charge in [0.2, 0.25) is 11.8 Å². The Hall–Kier alpha value is -2.69. The first-order valence-electron chi connectivity index (χ1n) is 7.32. The van der Waals surface area contributed by atoms with E-state index in [0.717, 1.165) is 12.1 Å². The van der Waals surface area contributed by atoms with E-state index >= 15 is 0 Å². The summed E-state index contributed by atoms with van der Waals surface area (Å²) in [6.45, 7) is 6.12. The van der Waals surface area contributed by atoms with Crippen LogP contribution in [0, 0.1) is 28.9 Å². The number of hydrogen-bond donors (Lipinski definition) is 3. The number of nitrogens with one attached hydrogen (secondary N) is 3. The second kappa shape index (κ2) is 7.73. The fourth-order valence-corrected chi connectivity index (χ4v) is 1.80. The van der Waals surface area contributed by atoms with Gasteiger partial charge in [0.05, 0.1) is 24.0 Å². The van der Waals surface area contributed by atoms with Gasteiger partial charge in [-0.3, -0.25) is 9.59 Å². The molecule has 3 N–H and O–H groups in total. The van der Waals surface area contributed by atoms with Crippen LogP contribution in [0.25, 0.3) is 0 Å². The third-order valence-electron chi connectivity index (χ3n) is 3.60. The maximum Gasteiger partial charge on any atom is 0.240 e.